The van der Waals surface area contributed by atoms with Gasteiger partial charge in [0.1, 0.15) is 18.1 Å². The van der Waals surface area contributed by atoms with Gasteiger partial charge in [-0.25, -0.2) is 8.42 Å². The Bertz CT molecular complexity index is 910. The van der Waals surface area contributed by atoms with Crippen LogP contribution in [0.1, 0.15) is 26.2 Å². The molecule has 3 rings (SSSR count). The summed E-state index contributed by atoms with van der Waals surface area (Å²) >= 11 is 0. The van der Waals surface area contributed by atoms with Gasteiger partial charge < -0.3 is 14.8 Å². The SMILES string of the molecule is C[C@H](Oc1ccccc1)C(=O)NCCOc1ccc(S(=O)(=O)N2CCCCC2)cc1. The van der Waals surface area contributed by atoms with Gasteiger partial charge in [0, 0.05) is 13.1 Å². The van der Waals surface area contributed by atoms with E-state index in [1.54, 1.807) is 47.6 Å². The van der Waals surface area contributed by atoms with Crippen LogP contribution < -0.4 is 14.8 Å². The van der Waals surface area contributed by atoms with Gasteiger partial charge in [-0.3, -0.25) is 4.79 Å². The van der Waals surface area contributed by atoms with Gasteiger partial charge in [-0.2, -0.15) is 4.31 Å². The van der Waals surface area contributed by atoms with Gasteiger partial charge in [0.25, 0.3) is 5.91 Å². The van der Waals surface area contributed by atoms with Gasteiger partial charge in [-0.15, -0.1) is 0 Å². The van der Waals surface area contributed by atoms with Crippen LogP contribution in [0.4, 0.5) is 0 Å². The minimum absolute atomic E-state index is 0.231. The summed E-state index contributed by atoms with van der Waals surface area (Å²) in [5.74, 6) is 0.955. The molecule has 1 aliphatic rings. The molecule has 0 spiro atoms. The molecule has 1 heterocycles. The van der Waals surface area contributed by atoms with Crippen LogP contribution in [0.3, 0.4) is 0 Å². The predicted molar refractivity (Wildman–Crippen MR) is 114 cm³/mol. The van der Waals surface area contributed by atoms with E-state index in [-0.39, 0.29) is 17.4 Å². The zero-order valence-corrected chi connectivity index (χ0v) is 17.9. The highest BCUT2D eigenvalue weighted by atomic mass is 32.2. The Morgan fingerprint density at radius 2 is 1.67 bits per heavy atom. The second-order valence-corrected chi connectivity index (χ2v) is 9.09. The van der Waals surface area contributed by atoms with Crippen molar-refractivity contribution in [2.75, 3.05) is 26.2 Å². The molecule has 0 aliphatic carbocycles. The molecule has 2 aromatic rings. The van der Waals surface area contributed by atoms with Crippen molar-refractivity contribution in [2.45, 2.75) is 37.2 Å². The monoisotopic (exact) mass is 432 g/mol. The van der Waals surface area contributed by atoms with Crippen LogP contribution in [0.25, 0.3) is 0 Å². The number of amides is 1. The summed E-state index contributed by atoms with van der Waals surface area (Å²) in [6.45, 7) is 3.42. The van der Waals surface area contributed by atoms with E-state index < -0.39 is 16.1 Å². The van der Waals surface area contributed by atoms with Crippen molar-refractivity contribution in [3.63, 3.8) is 0 Å². The molecule has 0 bridgehead atoms. The number of hydrogen-bond acceptors (Lipinski definition) is 5. The lowest BCUT2D eigenvalue weighted by molar-refractivity contribution is -0.127. The fourth-order valence-electron chi connectivity index (χ4n) is 3.21. The number of nitrogens with zero attached hydrogens (tertiary/aromatic N) is 1. The first-order valence-electron chi connectivity index (χ1n) is 10.2. The van der Waals surface area contributed by atoms with Crippen molar-refractivity contribution in [1.29, 1.82) is 0 Å². The average Bonchev–Trinajstić information content (AvgIpc) is 2.78. The topological polar surface area (TPSA) is 84.9 Å². The van der Waals surface area contributed by atoms with Crippen molar-refractivity contribution in [2.24, 2.45) is 0 Å². The first-order chi connectivity index (χ1) is 14.5. The Morgan fingerprint density at radius 3 is 2.33 bits per heavy atom. The minimum atomic E-state index is -3.44. The van der Waals surface area contributed by atoms with Crippen molar-refractivity contribution >= 4 is 15.9 Å². The van der Waals surface area contributed by atoms with Crippen LogP contribution in [0.15, 0.2) is 59.5 Å². The molecular weight excluding hydrogens is 404 g/mol. The summed E-state index contributed by atoms with van der Waals surface area (Å²) < 4.78 is 38.0. The zero-order valence-electron chi connectivity index (χ0n) is 17.1. The van der Waals surface area contributed by atoms with Gasteiger partial charge in [0.2, 0.25) is 10.0 Å². The first-order valence-corrected chi connectivity index (χ1v) is 11.6. The van der Waals surface area contributed by atoms with Crippen LogP contribution >= 0.6 is 0 Å². The third-order valence-electron chi connectivity index (χ3n) is 4.87. The number of rotatable bonds is 9. The van der Waals surface area contributed by atoms with E-state index in [1.807, 2.05) is 18.2 Å². The third kappa shape index (κ3) is 5.96. The van der Waals surface area contributed by atoms with E-state index in [1.165, 1.54) is 0 Å². The van der Waals surface area contributed by atoms with E-state index in [2.05, 4.69) is 5.32 Å². The highest BCUT2D eigenvalue weighted by molar-refractivity contribution is 7.89. The number of para-hydroxylation sites is 1. The van der Waals surface area contributed by atoms with Crippen LogP contribution in [0.5, 0.6) is 11.5 Å². The number of carbonyl (C=O) groups excluding carboxylic acids is 1. The largest absolute Gasteiger partial charge is 0.492 e. The molecule has 1 saturated heterocycles. The Hall–Kier alpha value is -2.58. The number of nitrogens with one attached hydrogen (secondary N) is 1. The maximum Gasteiger partial charge on any atom is 0.260 e. The Morgan fingerprint density at radius 1 is 1.00 bits per heavy atom. The Labute approximate surface area is 178 Å². The van der Waals surface area contributed by atoms with E-state index in [0.717, 1.165) is 19.3 Å². The fraction of sp³-hybridized carbons (Fsp3) is 0.409. The number of piperidine rings is 1. The maximum atomic E-state index is 12.7. The third-order valence-corrected chi connectivity index (χ3v) is 6.78. The molecule has 2 aromatic carbocycles. The van der Waals surface area contributed by atoms with E-state index in [0.29, 0.717) is 31.1 Å². The summed E-state index contributed by atoms with van der Waals surface area (Å²) in [7, 11) is -3.44. The van der Waals surface area contributed by atoms with Crippen molar-refractivity contribution in [3.8, 4) is 11.5 Å². The van der Waals surface area contributed by atoms with Crippen molar-refractivity contribution in [3.05, 3.63) is 54.6 Å². The molecule has 1 N–H and O–H groups in total. The standard InChI is InChI=1S/C22H28N2O5S/c1-18(29-20-8-4-2-5-9-20)22(25)23-14-17-28-19-10-12-21(13-11-19)30(26,27)24-15-6-3-7-16-24/h2,4-5,8-13,18H,3,6-7,14-17H2,1H3,(H,23,25)/t18-/m0/s1. The molecule has 7 nitrogen and oxygen atoms in total. The number of sulfonamides is 1. The van der Waals surface area contributed by atoms with Crippen LogP contribution in [-0.4, -0.2) is 51.0 Å². The minimum Gasteiger partial charge on any atom is -0.492 e. The molecule has 1 fully saturated rings. The normalized spacial score (nSPS) is 15.9. The second-order valence-electron chi connectivity index (χ2n) is 7.15. The molecule has 1 amide bonds. The molecule has 0 unspecified atom stereocenters. The van der Waals surface area contributed by atoms with Gasteiger partial charge in [-0.1, -0.05) is 24.6 Å². The lowest BCUT2D eigenvalue weighted by atomic mass is 10.2. The van der Waals surface area contributed by atoms with Crippen LogP contribution in [-0.2, 0) is 14.8 Å². The molecule has 30 heavy (non-hydrogen) atoms. The van der Waals surface area contributed by atoms with Gasteiger partial charge in [-0.05, 0) is 56.2 Å². The predicted octanol–water partition coefficient (Wildman–Crippen LogP) is 2.82. The molecule has 1 aliphatic heterocycles. The quantitative estimate of drug-likeness (QED) is 0.616. The van der Waals surface area contributed by atoms with E-state index in [4.69, 9.17) is 9.47 Å². The molecule has 0 aromatic heterocycles. The molecule has 8 heteroatoms. The smallest absolute Gasteiger partial charge is 0.260 e. The molecule has 0 saturated carbocycles. The van der Waals surface area contributed by atoms with Gasteiger partial charge >= 0.3 is 0 Å². The van der Waals surface area contributed by atoms with Crippen molar-refractivity contribution < 1.29 is 22.7 Å². The molecule has 162 valence electrons. The summed E-state index contributed by atoms with van der Waals surface area (Å²) in [5, 5.41) is 2.76. The van der Waals surface area contributed by atoms with Gasteiger partial charge in [0.15, 0.2) is 6.10 Å². The molecule has 0 radical (unpaired) electrons. The van der Waals surface area contributed by atoms with Crippen LogP contribution in [0, 0.1) is 0 Å². The molecular formula is C22H28N2O5S. The highest BCUT2D eigenvalue weighted by Gasteiger charge is 2.25. The van der Waals surface area contributed by atoms with E-state index >= 15 is 0 Å². The molecule has 1 atom stereocenters. The zero-order chi connectivity index (χ0) is 21.4. The highest BCUT2D eigenvalue weighted by Crippen LogP contribution is 2.22. The number of benzene rings is 2. The van der Waals surface area contributed by atoms with Crippen LogP contribution in [0.2, 0.25) is 0 Å². The second kappa shape index (κ2) is 10.4. The lowest BCUT2D eigenvalue weighted by Gasteiger charge is -2.25. The Kier molecular flexibility index (Phi) is 7.70. The lowest BCUT2D eigenvalue weighted by Crippen LogP contribution is -2.38. The number of carbonyl (C=O) groups is 1. The maximum absolute atomic E-state index is 12.7. The number of ether oxygens (including phenoxy) is 2. The number of hydrogen-bond donors (Lipinski definition) is 1. The first kappa shape index (κ1) is 22.1. The van der Waals surface area contributed by atoms with Crippen molar-refractivity contribution in [1.82, 2.24) is 9.62 Å². The average molecular weight is 433 g/mol. The van der Waals surface area contributed by atoms with Gasteiger partial charge in [0.05, 0.1) is 11.4 Å². The summed E-state index contributed by atoms with van der Waals surface area (Å²) in [6.07, 6.45) is 2.26. The fourth-order valence-corrected chi connectivity index (χ4v) is 4.72. The summed E-state index contributed by atoms with van der Waals surface area (Å²) in [5.41, 5.74) is 0. The van der Waals surface area contributed by atoms with E-state index in [9.17, 15) is 13.2 Å². The Balaban J connectivity index is 1.42. The summed E-state index contributed by atoms with van der Waals surface area (Å²) in [6, 6.07) is 15.6. The summed E-state index contributed by atoms with van der Waals surface area (Å²) in [4.78, 5) is 12.4.